The maximum Gasteiger partial charge on any atom is 0.309 e. The maximum atomic E-state index is 13.5. The van der Waals surface area contributed by atoms with Crippen LogP contribution in [0.5, 0.6) is 17.2 Å². The van der Waals surface area contributed by atoms with Gasteiger partial charge in [-0.3, -0.25) is 14.5 Å². The van der Waals surface area contributed by atoms with Gasteiger partial charge in [0.15, 0.2) is 11.5 Å². The van der Waals surface area contributed by atoms with E-state index in [9.17, 15) is 14.7 Å². The van der Waals surface area contributed by atoms with E-state index in [1.807, 2.05) is 72.5 Å². The van der Waals surface area contributed by atoms with Crippen molar-refractivity contribution in [2.45, 2.75) is 51.6 Å². The molecule has 2 aliphatic rings. The van der Waals surface area contributed by atoms with Crippen LogP contribution in [0.2, 0.25) is 0 Å². The molecular formula is C34H40N2O7. The molecule has 9 heteroatoms. The molecule has 43 heavy (non-hydrogen) atoms. The highest BCUT2D eigenvalue weighted by molar-refractivity contribution is 5.83. The molecule has 0 spiro atoms. The normalized spacial score (nSPS) is 20.2. The van der Waals surface area contributed by atoms with E-state index in [-0.39, 0.29) is 6.79 Å². The van der Waals surface area contributed by atoms with Crippen LogP contribution in [0.25, 0.3) is 0 Å². The molecule has 4 atom stereocenters. The second kappa shape index (κ2) is 13.5. The number of nitrogens with two attached hydrogens (primary N) is 1. The van der Waals surface area contributed by atoms with E-state index in [1.165, 1.54) is 0 Å². The number of benzene rings is 3. The number of carboxylic acids is 1. The highest BCUT2D eigenvalue weighted by Crippen LogP contribution is 2.51. The number of rotatable bonds is 13. The van der Waals surface area contributed by atoms with Crippen molar-refractivity contribution in [1.82, 2.24) is 4.90 Å². The van der Waals surface area contributed by atoms with Crippen molar-refractivity contribution < 1.29 is 33.6 Å². The topological polar surface area (TPSA) is 121 Å². The van der Waals surface area contributed by atoms with Crippen molar-refractivity contribution in [1.29, 1.82) is 0 Å². The van der Waals surface area contributed by atoms with Crippen molar-refractivity contribution in [3.8, 4) is 17.2 Å². The minimum absolute atomic E-state index is 0.122. The van der Waals surface area contributed by atoms with Gasteiger partial charge in [0.25, 0.3) is 0 Å². The number of likely N-dealkylation sites (tertiary alicyclic amines) is 1. The predicted molar refractivity (Wildman–Crippen MR) is 161 cm³/mol. The van der Waals surface area contributed by atoms with Crippen LogP contribution in [-0.4, -0.2) is 55.0 Å². The van der Waals surface area contributed by atoms with Gasteiger partial charge in [-0.1, -0.05) is 50.2 Å². The molecule has 1 saturated heterocycles. The first-order valence-electron chi connectivity index (χ1n) is 15.0. The van der Waals surface area contributed by atoms with E-state index in [4.69, 9.17) is 24.7 Å². The Morgan fingerprint density at radius 3 is 2.26 bits per heavy atom. The number of carboxylic acid groups (broad SMARTS) is 1. The average Bonchev–Trinajstić information content (AvgIpc) is 3.64. The van der Waals surface area contributed by atoms with Crippen LogP contribution in [0.1, 0.15) is 66.6 Å². The van der Waals surface area contributed by atoms with Gasteiger partial charge in [0.1, 0.15) is 18.4 Å². The molecule has 0 aliphatic carbocycles. The Bertz CT molecular complexity index is 1420. The van der Waals surface area contributed by atoms with E-state index < -0.39 is 35.8 Å². The van der Waals surface area contributed by atoms with Crippen LogP contribution >= 0.6 is 0 Å². The maximum absolute atomic E-state index is 13.5. The van der Waals surface area contributed by atoms with Crippen LogP contribution in [0.4, 0.5) is 0 Å². The predicted octanol–water partition coefficient (Wildman–Crippen LogP) is 5.02. The van der Waals surface area contributed by atoms with Crippen LogP contribution in [0.15, 0.2) is 60.7 Å². The summed E-state index contributed by atoms with van der Waals surface area (Å²) in [5, 5.41) is 10.8. The van der Waals surface area contributed by atoms with Crippen LogP contribution < -0.4 is 19.9 Å². The van der Waals surface area contributed by atoms with Crippen LogP contribution in [0, 0.1) is 5.92 Å². The third-order valence-corrected chi connectivity index (χ3v) is 8.49. The molecule has 0 aromatic heterocycles. The number of aryl methyl sites for hydroxylation is 2. The number of hydrogen-bond donors (Lipinski definition) is 2. The summed E-state index contributed by atoms with van der Waals surface area (Å²) in [6.45, 7) is 7.96. The van der Waals surface area contributed by atoms with Gasteiger partial charge in [-0.25, -0.2) is 0 Å². The third kappa shape index (κ3) is 6.19. The van der Waals surface area contributed by atoms with Crippen LogP contribution in [-0.2, 0) is 27.2 Å². The summed E-state index contributed by atoms with van der Waals surface area (Å²) in [5.74, 6) is -0.904. The number of hydrogen-bond acceptors (Lipinski definition) is 7. The lowest BCUT2D eigenvalue weighted by Crippen LogP contribution is -2.40. The summed E-state index contributed by atoms with van der Waals surface area (Å²) in [7, 11) is 0. The van der Waals surface area contributed by atoms with E-state index in [1.54, 1.807) is 0 Å². The minimum atomic E-state index is -0.949. The Morgan fingerprint density at radius 2 is 1.63 bits per heavy atom. The number of nitrogens with zero attached hydrogens (tertiary/aromatic N) is 1. The van der Waals surface area contributed by atoms with Gasteiger partial charge in [-0.15, -0.1) is 0 Å². The molecule has 5 rings (SSSR count). The van der Waals surface area contributed by atoms with Gasteiger partial charge in [0, 0.05) is 25.1 Å². The number of primary amides is 1. The molecule has 2 aliphatic heterocycles. The first-order valence-corrected chi connectivity index (χ1v) is 15.0. The van der Waals surface area contributed by atoms with Gasteiger partial charge in [0.05, 0.1) is 12.5 Å². The summed E-state index contributed by atoms with van der Waals surface area (Å²) in [6, 6.07) is 17.6. The number of fused-ring (bicyclic) bond motifs is 1. The van der Waals surface area contributed by atoms with Gasteiger partial charge < -0.3 is 29.8 Å². The molecule has 2 heterocycles. The fraction of sp³-hybridized carbons (Fsp3) is 0.412. The summed E-state index contributed by atoms with van der Waals surface area (Å²) >= 11 is 0. The second-order valence-corrected chi connectivity index (χ2v) is 10.8. The lowest BCUT2D eigenvalue weighted by molar-refractivity contribution is -0.143. The summed E-state index contributed by atoms with van der Waals surface area (Å²) < 4.78 is 22.3. The van der Waals surface area contributed by atoms with Crippen molar-refractivity contribution in [3.05, 3.63) is 88.5 Å². The van der Waals surface area contributed by atoms with Crippen molar-refractivity contribution in [2.24, 2.45) is 11.7 Å². The average molecular weight is 589 g/mol. The number of amides is 1. The molecule has 3 aromatic carbocycles. The fourth-order valence-electron chi connectivity index (χ4n) is 6.54. The zero-order valence-electron chi connectivity index (χ0n) is 25.0. The summed E-state index contributed by atoms with van der Waals surface area (Å²) in [5.41, 5.74) is 10.7. The molecule has 3 aromatic rings. The van der Waals surface area contributed by atoms with Gasteiger partial charge in [0.2, 0.25) is 12.7 Å². The van der Waals surface area contributed by atoms with E-state index in [0.29, 0.717) is 56.5 Å². The van der Waals surface area contributed by atoms with Crippen LogP contribution in [0.3, 0.4) is 0 Å². The van der Waals surface area contributed by atoms with E-state index in [2.05, 4.69) is 13.8 Å². The van der Waals surface area contributed by atoms with Crippen molar-refractivity contribution in [2.75, 3.05) is 33.2 Å². The molecular weight excluding hydrogens is 548 g/mol. The summed E-state index contributed by atoms with van der Waals surface area (Å²) in [6.07, 6.45) is 1.43. The van der Waals surface area contributed by atoms with E-state index in [0.717, 1.165) is 27.8 Å². The lowest BCUT2D eigenvalue weighted by Gasteiger charge is -2.35. The molecule has 228 valence electrons. The zero-order chi connectivity index (χ0) is 30.5. The highest BCUT2D eigenvalue weighted by atomic mass is 16.7. The van der Waals surface area contributed by atoms with Crippen molar-refractivity contribution >= 4 is 11.9 Å². The quantitative estimate of drug-likeness (QED) is 0.267. The number of ether oxygens (including phenoxy) is 4. The Morgan fingerprint density at radius 1 is 0.953 bits per heavy atom. The number of carbonyl (C=O) groups is 2. The minimum Gasteiger partial charge on any atom is -0.491 e. The monoisotopic (exact) mass is 588 g/mol. The molecule has 1 fully saturated rings. The first-order chi connectivity index (χ1) is 20.9. The molecule has 0 saturated carbocycles. The SMILES string of the molecule is CCOCCOc1ccc([C@H]2[C@H](C(=O)O)[C@@H](c3ccc4c(c3)OCO4)CN2C(C(N)=O)c2c(CC)cccc2CC)cc1. The highest BCUT2D eigenvalue weighted by Gasteiger charge is 2.51. The molecule has 0 radical (unpaired) electrons. The largest absolute Gasteiger partial charge is 0.491 e. The number of aliphatic carboxylic acids is 1. The molecule has 9 nitrogen and oxygen atoms in total. The molecule has 1 amide bonds. The summed E-state index contributed by atoms with van der Waals surface area (Å²) in [4.78, 5) is 28.6. The third-order valence-electron chi connectivity index (χ3n) is 8.49. The molecule has 3 N–H and O–H groups in total. The van der Waals surface area contributed by atoms with Gasteiger partial charge in [-0.2, -0.15) is 0 Å². The standard InChI is InChI=1S/C34H40N2O7/c1-4-21-8-7-9-22(5-2)29(21)32(33(35)37)36-19-26(24-12-15-27-28(18-24)43-20-42-27)30(34(38)39)31(36)23-10-13-25(14-11-23)41-17-16-40-6-3/h7-15,18,26,30-32H,4-6,16-17,19-20H2,1-3H3,(H2,35,37)(H,38,39)/t26-,30-,31+,32?/m1/s1. The fourth-order valence-corrected chi connectivity index (χ4v) is 6.54. The second-order valence-electron chi connectivity index (χ2n) is 10.8. The molecule has 0 bridgehead atoms. The van der Waals surface area contributed by atoms with Crippen molar-refractivity contribution in [3.63, 3.8) is 0 Å². The molecule has 1 unspecified atom stereocenters. The zero-order valence-corrected chi connectivity index (χ0v) is 25.0. The number of carbonyl (C=O) groups excluding carboxylic acids is 1. The smallest absolute Gasteiger partial charge is 0.309 e. The van der Waals surface area contributed by atoms with E-state index >= 15 is 0 Å². The Labute approximate surface area is 252 Å². The Hall–Kier alpha value is -4.08. The van der Waals surface area contributed by atoms with Gasteiger partial charge in [-0.05, 0) is 71.8 Å². The Balaban J connectivity index is 1.61. The Kier molecular flexibility index (Phi) is 9.52. The first kappa shape index (κ1) is 30.4. The lowest BCUT2D eigenvalue weighted by atomic mass is 9.82. The van der Waals surface area contributed by atoms with Gasteiger partial charge >= 0.3 is 5.97 Å².